The molecule has 3 nitrogen and oxygen atoms in total. The molecule has 0 unspecified atom stereocenters. The van der Waals surface area contributed by atoms with Crippen LogP contribution in [0.5, 0.6) is 0 Å². The van der Waals surface area contributed by atoms with Crippen LogP contribution in [0.15, 0.2) is 27.7 Å². The van der Waals surface area contributed by atoms with Crippen molar-refractivity contribution in [1.29, 1.82) is 0 Å². The van der Waals surface area contributed by atoms with Gasteiger partial charge in [0.15, 0.2) is 0 Å². The van der Waals surface area contributed by atoms with Gasteiger partial charge in [-0.1, -0.05) is 22.0 Å². The third kappa shape index (κ3) is 3.17. The lowest BCUT2D eigenvalue weighted by Gasteiger charge is -2.10. The summed E-state index contributed by atoms with van der Waals surface area (Å²) in [4.78, 5) is 17.6. The Kier molecular flexibility index (Phi) is 4.24. The van der Waals surface area contributed by atoms with E-state index in [0.29, 0.717) is 11.4 Å². The molecule has 0 atom stereocenters. The topological polar surface area (TPSA) is 32.7 Å². The number of aliphatic imine (C=N–C) groups is 1. The van der Waals surface area contributed by atoms with Gasteiger partial charge in [-0.3, -0.25) is 4.79 Å². The molecule has 1 aromatic rings. The number of nitrogens with zero attached hydrogens (tertiary/aromatic N) is 2. The zero-order valence-electron chi connectivity index (χ0n) is 9.91. The molecule has 0 fully saturated rings. The summed E-state index contributed by atoms with van der Waals surface area (Å²) in [7, 11) is 3.72. The lowest BCUT2D eigenvalue weighted by atomic mass is 10.1. The van der Waals surface area contributed by atoms with E-state index in [1.54, 1.807) is 24.0 Å². The maximum atomic E-state index is 11.8. The van der Waals surface area contributed by atoms with Gasteiger partial charge in [0.05, 0.1) is 0 Å². The van der Waals surface area contributed by atoms with Crippen molar-refractivity contribution >= 4 is 27.7 Å². The second-order valence-electron chi connectivity index (χ2n) is 3.82. The first-order valence-corrected chi connectivity index (χ1v) is 5.74. The Labute approximate surface area is 104 Å². The Hall–Kier alpha value is -1.16. The first-order chi connectivity index (χ1) is 7.41. The summed E-state index contributed by atoms with van der Waals surface area (Å²) in [5, 5.41) is 0. The van der Waals surface area contributed by atoms with E-state index in [1.807, 2.05) is 27.1 Å². The first kappa shape index (κ1) is 12.9. The largest absolute Gasteiger partial charge is 0.366 e. The molecule has 1 amide bonds. The van der Waals surface area contributed by atoms with Crippen molar-refractivity contribution in [2.24, 2.45) is 4.99 Å². The van der Waals surface area contributed by atoms with Gasteiger partial charge in [-0.2, -0.15) is 4.99 Å². The van der Waals surface area contributed by atoms with E-state index in [1.165, 1.54) is 0 Å². The number of hydrogen-bond donors (Lipinski definition) is 0. The van der Waals surface area contributed by atoms with Crippen molar-refractivity contribution in [3.8, 4) is 0 Å². The standard InChI is InChI=1S/C12H15BrN2O/c1-8-5-6-10(7-11(8)13)12(16)14-9(2)15(3)4/h5-7H,1-4H3. The van der Waals surface area contributed by atoms with Crippen LogP contribution in [0.25, 0.3) is 0 Å². The predicted octanol–water partition coefficient (Wildman–Crippen LogP) is 2.88. The van der Waals surface area contributed by atoms with Gasteiger partial charge in [0.25, 0.3) is 5.91 Å². The number of carbonyl (C=O) groups is 1. The van der Waals surface area contributed by atoms with E-state index < -0.39 is 0 Å². The quantitative estimate of drug-likeness (QED) is 0.586. The zero-order valence-corrected chi connectivity index (χ0v) is 11.5. The highest BCUT2D eigenvalue weighted by Gasteiger charge is 2.07. The lowest BCUT2D eigenvalue weighted by Crippen LogP contribution is -2.19. The summed E-state index contributed by atoms with van der Waals surface area (Å²) in [6.07, 6.45) is 0. The first-order valence-electron chi connectivity index (χ1n) is 4.95. The third-order valence-corrected chi connectivity index (χ3v) is 3.18. The van der Waals surface area contributed by atoms with Crippen LogP contribution < -0.4 is 0 Å². The third-order valence-electron chi connectivity index (χ3n) is 2.33. The van der Waals surface area contributed by atoms with Crippen molar-refractivity contribution in [2.75, 3.05) is 14.1 Å². The second-order valence-corrected chi connectivity index (χ2v) is 4.68. The van der Waals surface area contributed by atoms with Crippen LogP contribution in [0.2, 0.25) is 0 Å². The summed E-state index contributed by atoms with van der Waals surface area (Å²) < 4.78 is 0.927. The molecule has 0 N–H and O–H groups in total. The molecular weight excluding hydrogens is 268 g/mol. The van der Waals surface area contributed by atoms with Crippen molar-refractivity contribution in [3.05, 3.63) is 33.8 Å². The number of rotatable bonds is 1. The van der Waals surface area contributed by atoms with E-state index in [9.17, 15) is 4.79 Å². The van der Waals surface area contributed by atoms with Gasteiger partial charge in [-0.05, 0) is 31.5 Å². The van der Waals surface area contributed by atoms with Crippen LogP contribution in [0, 0.1) is 6.92 Å². The van der Waals surface area contributed by atoms with Crippen LogP contribution in [-0.4, -0.2) is 30.7 Å². The molecule has 0 aliphatic heterocycles. The van der Waals surface area contributed by atoms with Gasteiger partial charge in [0.2, 0.25) is 0 Å². The summed E-state index contributed by atoms with van der Waals surface area (Å²) in [6, 6.07) is 5.48. The molecule has 0 saturated heterocycles. The lowest BCUT2D eigenvalue weighted by molar-refractivity contribution is 0.100. The molecule has 16 heavy (non-hydrogen) atoms. The molecule has 1 rings (SSSR count). The van der Waals surface area contributed by atoms with Gasteiger partial charge in [0, 0.05) is 24.1 Å². The van der Waals surface area contributed by atoms with E-state index in [4.69, 9.17) is 0 Å². The van der Waals surface area contributed by atoms with Gasteiger partial charge < -0.3 is 4.90 Å². The predicted molar refractivity (Wildman–Crippen MR) is 70.0 cm³/mol. The van der Waals surface area contributed by atoms with Gasteiger partial charge in [-0.25, -0.2) is 0 Å². The SMILES string of the molecule is CC(=NC(=O)c1ccc(C)c(Br)c1)N(C)C. The Bertz CT molecular complexity index is 439. The fourth-order valence-electron chi connectivity index (χ4n) is 1.04. The molecule has 1 aromatic carbocycles. The number of halogens is 1. The molecule has 0 heterocycles. The van der Waals surface area contributed by atoms with E-state index in [-0.39, 0.29) is 5.91 Å². The fourth-order valence-corrected chi connectivity index (χ4v) is 1.42. The molecule has 0 radical (unpaired) electrons. The van der Waals surface area contributed by atoms with Gasteiger partial charge in [0.1, 0.15) is 5.84 Å². The highest BCUT2D eigenvalue weighted by molar-refractivity contribution is 9.10. The van der Waals surface area contributed by atoms with Crippen molar-refractivity contribution < 1.29 is 4.79 Å². The number of carbonyl (C=O) groups excluding carboxylic acids is 1. The number of aryl methyl sites for hydroxylation is 1. The normalized spacial score (nSPS) is 11.4. The second kappa shape index (κ2) is 5.25. The number of amidine groups is 1. The minimum Gasteiger partial charge on any atom is -0.366 e. The van der Waals surface area contributed by atoms with Crippen LogP contribution in [-0.2, 0) is 0 Å². The zero-order chi connectivity index (χ0) is 12.3. The molecule has 4 heteroatoms. The summed E-state index contributed by atoms with van der Waals surface area (Å²) in [5.41, 5.74) is 1.70. The average molecular weight is 283 g/mol. The molecule has 86 valence electrons. The monoisotopic (exact) mass is 282 g/mol. The Morgan fingerprint density at radius 1 is 1.38 bits per heavy atom. The average Bonchev–Trinajstić information content (AvgIpc) is 2.21. The van der Waals surface area contributed by atoms with Crippen molar-refractivity contribution in [3.63, 3.8) is 0 Å². The molecular formula is C12H15BrN2O. The molecule has 0 spiro atoms. The molecule has 0 aromatic heterocycles. The van der Waals surface area contributed by atoms with Crippen molar-refractivity contribution in [2.45, 2.75) is 13.8 Å². The van der Waals surface area contributed by atoms with E-state index in [2.05, 4.69) is 20.9 Å². The van der Waals surface area contributed by atoms with E-state index in [0.717, 1.165) is 10.0 Å². The Balaban J connectivity index is 2.98. The summed E-state index contributed by atoms with van der Waals surface area (Å²) in [6.45, 7) is 3.79. The highest BCUT2D eigenvalue weighted by atomic mass is 79.9. The molecule has 0 saturated carbocycles. The van der Waals surface area contributed by atoms with Crippen LogP contribution >= 0.6 is 15.9 Å². The number of hydrogen-bond acceptors (Lipinski definition) is 1. The molecule has 0 aliphatic carbocycles. The molecule has 0 bridgehead atoms. The number of benzene rings is 1. The fraction of sp³-hybridized carbons (Fsp3) is 0.333. The van der Waals surface area contributed by atoms with Gasteiger partial charge >= 0.3 is 0 Å². The van der Waals surface area contributed by atoms with Crippen LogP contribution in [0.3, 0.4) is 0 Å². The van der Waals surface area contributed by atoms with Crippen LogP contribution in [0.4, 0.5) is 0 Å². The Morgan fingerprint density at radius 2 is 2.00 bits per heavy atom. The van der Waals surface area contributed by atoms with Gasteiger partial charge in [-0.15, -0.1) is 0 Å². The maximum absolute atomic E-state index is 11.8. The highest BCUT2D eigenvalue weighted by Crippen LogP contribution is 2.18. The van der Waals surface area contributed by atoms with Crippen LogP contribution in [0.1, 0.15) is 22.8 Å². The Morgan fingerprint density at radius 3 is 2.50 bits per heavy atom. The van der Waals surface area contributed by atoms with Crippen molar-refractivity contribution in [1.82, 2.24) is 4.90 Å². The number of amides is 1. The van der Waals surface area contributed by atoms with E-state index >= 15 is 0 Å². The summed E-state index contributed by atoms with van der Waals surface area (Å²) >= 11 is 3.40. The summed E-state index contributed by atoms with van der Waals surface area (Å²) in [5.74, 6) is 0.480. The minimum atomic E-state index is -0.216. The smallest absolute Gasteiger partial charge is 0.278 e. The minimum absolute atomic E-state index is 0.216. The molecule has 0 aliphatic rings. The maximum Gasteiger partial charge on any atom is 0.278 e.